The van der Waals surface area contributed by atoms with Crippen LogP contribution in [0.3, 0.4) is 0 Å². The Morgan fingerprint density at radius 2 is 1.77 bits per heavy atom. The molecule has 26 heavy (non-hydrogen) atoms. The number of hydrogen-bond acceptors (Lipinski definition) is 4. The summed E-state index contributed by atoms with van der Waals surface area (Å²) in [5.41, 5.74) is 1.75. The van der Waals surface area contributed by atoms with E-state index in [1.54, 1.807) is 7.11 Å². The first kappa shape index (κ1) is 18.5. The molecule has 1 atom stereocenters. The average Bonchev–Trinajstić information content (AvgIpc) is 3.20. The number of Topliss-reactive ketones (excluding diaryl/α,β-unsaturated/α-hetero) is 1. The van der Waals surface area contributed by atoms with Crippen molar-refractivity contribution in [1.82, 2.24) is 10.2 Å². The average molecular weight is 356 g/mol. The van der Waals surface area contributed by atoms with Gasteiger partial charge in [0.05, 0.1) is 13.7 Å². The molecule has 1 fully saturated rings. The molecule has 1 aliphatic rings. The second kappa shape index (κ2) is 8.92. The molecule has 1 saturated heterocycles. The maximum atomic E-state index is 13.0. The summed E-state index contributed by atoms with van der Waals surface area (Å²) >= 11 is 0. The molecule has 0 spiro atoms. The van der Waals surface area contributed by atoms with E-state index in [0.717, 1.165) is 18.8 Å². The summed E-state index contributed by atoms with van der Waals surface area (Å²) in [5, 5.41) is 3.29. The lowest BCUT2D eigenvalue weighted by atomic mass is 10.0. The number of halogens is 1. The summed E-state index contributed by atoms with van der Waals surface area (Å²) in [6, 6.07) is 14.0. The Balaban J connectivity index is 1.62. The molecule has 1 unspecified atom stereocenters. The molecule has 5 heteroatoms. The molecule has 3 rings (SSSR count). The minimum atomic E-state index is -0.330. The molecule has 0 aliphatic carbocycles. The van der Waals surface area contributed by atoms with Crippen molar-refractivity contribution in [3.63, 3.8) is 0 Å². The minimum Gasteiger partial charge on any atom is -0.497 e. The highest BCUT2D eigenvalue weighted by Crippen LogP contribution is 2.26. The van der Waals surface area contributed by atoms with Crippen molar-refractivity contribution in [2.24, 2.45) is 0 Å². The molecule has 1 N–H and O–H groups in total. The molecule has 2 aromatic carbocycles. The van der Waals surface area contributed by atoms with Crippen molar-refractivity contribution < 1.29 is 13.9 Å². The third-order valence-corrected chi connectivity index (χ3v) is 4.87. The second-order valence-corrected chi connectivity index (χ2v) is 6.59. The van der Waals surface area contributed by atoms with Crippen molar-refractivity contribution in [3.05, 3.63) is 65.5 Å². The molecular formula is C21H25FN2O2. The van der Waals surface area contributed by atoms with Crippen molar-refractivity contribution in [2.75, 3.05) is 33.3 Å². The number of carbonyl (C=O) groups excluding carboxylic acids is 1. The molecule has 0 amide bonds. The fourth-order valence-corrected chi connectivity index (χ4v) is 3.40. The second-order valence-electron chi connectivity index (χ2n) is 6.59. The monoisotopic (exact) mass is 356 g/mol. The third-order valence-electron chi connectivity index (χ3n) is 4.87. The van der Waals surface area contributed by atoms with Crippen LogP contribution >= 0.6 is 0 Å². The lowest BCUT2D eigenvalue weighted by Crippen LogP contribution is -2.36. The quantitative estimate of drug-likeness (QED) is 0.736. The summed E-state index contributed by atoms with van der Waals surface area (Å²) in [4.78, 5) is 14.7. The van der Waals surface area contributed by atoms with Gasteiger partial charge in [0.25, 0.3) is 0 Å². The smallest absolute Gasteiger partial charge is 0.176 e. The number of nitrogens with one attached hydrogen (secondary N) is 1. The standard InChI is InChI=1S/C21H25FN2O2/c1-26-19-10-6-16(7-11-19)20(24-12-2-3-13-24)14-23-15-21(25)17-4-8-18(22)9-5-17/h4-11,20,23H,2-3,12-15H2,1H3. The van der Waals surface area contributed by atoms with E-state index in [9.17, 15) is 9.18 Å². The molecule has 0 aromatic heterocycles. The molecule has 2 aromatic rings. The molecule has 0 radical (unpaired) electrons. The van der Waals surface area contributed by atoms with Crippen LogP contribution in [0.5, 0.6) is 5.75 Å². The van der Waals surface area contributed by atoms with Gasteiger partial charge >= 0.3 is 0 Å². The van der Waals surface area contributed by atoms with Crippen LogP contribution in [0.15, 0.2) is 48.5 Å². The van der Waals surface area contributed by atoms with Gasteiger partial charge in [0.2, 0.25) is 0 Å². The summed E-state index contributed by atoms with van der Waals surface area (Å²) in [6.45, 7) is 3.08. The van der Waals surface area contributed by atoms with E-state index in [1.165, 1.54) is 42.7 Å². The first-order valence-electron chi connectivity index (χ1n) is 9.05. The van der Waals surface area contributed by atoms with Crippen LogP contribution in [0, 0.1) is 5.82 Å². The number of rotatable bonds is 8. The fraction of sp³-hybridized carbons (Fsp3) is 0.381. The number of methoxy groups -OCH3 is 1. The van der Waals surface area contributed by atoms with Crippen LogP contribution in [0.2, 0.25) is 0 Å². The Hall–Kier alpha value is -2.24. The minimum absolute atomic E-state index is 0.0279. The van der Waals surface area contributed by atoms with Crippen LogP contribution in [0.4, 0.5) is 4.39 Å². The zero-order chi connectivity index (χ0) is 18.4. The Labute approximate surface area is 154 Å². The number of carbonyl (C=O) groups is 1. The van der Waals surface area contributed by atoms with Gasteiger partial charge in [-0.2, -0.15) is 0 Å². The Morgan fingerprint density at radius 1 is 1.12 bits per heavy atom. The van der Waals surface area contributed by atoms with Crippen molar-refractivity contribution in [3.8, 4) is 5.75 Å². The van der Waals surface area contributed by atoms with Gasteiger partial charge in [-0.05, 0) is 67.9 Å². The number of ether oxygens (including phenoxy) is 1. The van der Waals surface area contributed by atoms with Crippen LogP contribution in [-0.4, -0.2) is 44.0 Å². The topological polar surface area (TPSA) is 41.6 Å². The molecule has 1 heterocycles. The number of hydrogen-bond donors (Lipinski definition) is 1. The highest BCUT2D eigenvalue weighted by atomic mass is 19.1. The van der Waals surface area contributed by atoms with Gasteiger partial charge < -0.3 is 10.1 Å². The Bertz CT molecular complexity index is 710. The highest BCUT2D eigenvalue weighted by Gasteiger charge is 2.23. The Morgan fingerprint density at radius 3 is 2.38 bits per heavy atom. The van der Waals surface area contributed by atoms with Gasteiger partial charge in [0, 0.05) is 18.2 Å². The SMILES string of the molecule is COc1ccc(C(CNCC(=O)c2ccc(F)cc2)N2CCCC2)cc1. The molecular weight excluding hydrogens is 331 g/mol. The first-order chi connectivity index (χ1) is 12.7. The van der Waals surface area contributed by atoms with Gasteiger partial charge in [0.1, 0.15) is 11.6 Å². The van der Waals surface area contributed by atoms with Crippen LogP contribution in [0.1, 0.15) is 34.8 Å². The molecule has 0 bridgehead atoms. The number of likely N-dealkylation sites (tertiary alicyclic amines) is 1. The summed E-state index contributed by atoms with van der Waals surface area (Å²) < 4.78 is 18.2. The number of benzene rings is 2. The predicted octanol–water partition coefficient (Wildman–Crippen LogP) is 3.44. The summed E-state index contributed by atoms with van der Waals surface area (Å²) in [5.74, 6) is 0.483. The van der Waals surface area contributed by atoms with Crippen LogP contribution in [-0.2, 0) is 0 Å². The van der Waals surface area contributed by atoms with Gasteiger partial charge in [-0.25, -0.2) is 4.39 Å². The Kier molecular flexibility index (Phi) is 6.36. The van der Waals surface area contributed by atoms with E-state index in [4.69, 9.17) is 4.74 Å². The zero-order valence-corrected chi connectivity index (χ0v) is 15.1. The van der Waals surface area contributed by atoms with Crippen molar-refractivity contribution in [2.45, 2.75) is 18.9 Å². The van der Waals surface area contributed by atoms with Gasteiger partial charge in [-0.3, -0.25) is 9.69 Å². The van der Waals surface area contributed by atoms with Crippen LogP contribution in [0.25, 0.3) is 0 Å². The lowest BCUT2D eigenvalue weighted by molar-refractivity contribution is 0.0987. The van der Waals surface area contributed by atoms with Gasteiger partial charge in [-0.1, -0.05) is 12.1 Å². The van der Waals surface area contributed by atoms with Gasteiger partial charge in [-0.15, -0.1) is 0 Å². The number of nitrogens with zero attached hydrogens (tertiary/aromatic N) is 1. The predicted molar refractivity (Wildman–Crippen MR) is 100 cm³/mol. The van der Waals surface area contributed by atoms with E-state index < -0.39 is 0 Å². The molecule has 1 aliphatic heterocycles. The zero-order valence-electron chi connectivity index (χ0n) is 15.1. The molecule has 4 nitrogen and oxygen atoms in total. The van der Waals surface area contributed by atoms with Crippen molar-refractivity contribution >= 4 is 5.78 Å². The molecule has 138 valence electrons. The van der Waals surface area contributed by atoms with E-state index in [2.05, 4.69) is 22.3 Å². The maximum Gasteiger partial charge on any atom is 0.176 e. The maximum absolute atomic E-state index is 13.0. The number of ketones is 1. The third kappa shape index (κ3) is 4.68. The highest BCUT2D eigenvalue weighted by molar-refractivity contribution is 5.97. The van der Waals surface area contributed by atoms with Crippen molar-refractivity contribution in [1.29, 1.82) is 0 Å². The van der Waals surface area contributed by atoms with E-state index in [-0.39, 0.29) is 24.2 Å². The lowest BCUT2D eigenvalue weighted by Gasteiger charge is -2.28. The summed E-state index contributed by atoms with van der Waals surface area (Å²) in [7, 11) is 1.66. The largest absolute Gasteiger partial charge is 0.497 e. The molecule has 0 saturated carbocycles. The van der Waals surface area contributed by atoms with E-state index in [1.807, 2.05) is 12.1 Å². The first-order valence-corrected chi connectivity index (χ1v) is 9.05. The fourth-order valence-electron chi connectivity index (χ4n) is 3.40. The van der Waals surface area contributed by atoms with Crippen LogP contribution < -0.4 is 10.1 Å². The normalized spacial score (nSPS) is 15.8. The van der Waals surface area contributed by atoms with E-state index >= 15 is 0 Å². The summed E-state index contributed by atoms with van der Waals surface area (Å²) in [6.07, 6.45) is 2.42. The van der Waals surface area contributed by atoms with Gasteiger partial charge in [0.15, 0.2) is 5.78 Å². The van der Waals surface area contributed by atoms with E-state index in [0.29, 0.717) is 12.1 Å².